The van der Waals surface area contributed by atoms with E-state index in [1.807, 2.05) is 11.3 Å². The summed E-state index contributed by atoms with van der Waals surface area (Å²) in [7, 11) is 0. The third-order valence-corrected chi connectivity index (χ3v) is 4.46. The molecule has 1 aromatic heterocycles. The van der Waals surface area contributed by atoms with Crippen LogP contribution in [0.3, 0.4) is 0 Å². The number of hydrogen-bond acceptors (Lipinski definition) is 3. The van der Waals surface area contributed by atoms with E-state index in [4.69, 9.17) is 0 Å². The van der Waals surface area contributed by atoms with Crippen molar-refractivity contribution >= 4 is 11.3 Å². The van der Waals surface area contributed by atoms with Gasteiger partial charge in [-0.1, -0.05) is 6.07 Å². The molecule has 1 saturated heterocycles. The minimum atomic E-state index is 0.497. The first-order chi connectivity index (χ1) is 7.66. The summed E-state index contributed by atoms with van der Waals surface area (Å²) in [4.78, 5) is 4.00. The van der Waals surface area contributed by atoms with Crippen LogP contribution in [0, 0.1) is 0 Å². The molecule has 0 spiro atoms. The highest BCUT2D eigenvalue weighted by Gasteiger charge is 2.25. The van der Waals surface area contributed by atoms with Crippen LogP contribution in [0.25, 0.3) is 0 Å². The van der Waals surface area contributed by atoms with Crippen molar-refractivity contribution < 1.29 is 0 Å². The van der Waals surface area contributed by atoms with Crippen LogP contribution < -0.4 is 5.32 Å². The van der Waals surface area contributed by atoms with Gasteiger partial charge in [-0.25, -0.2) is 0 Å². The van der Waals surface area contributed by atoms with Gasteiger partial charge in [0.1, 0.15) is 0 Å². The second-order valence-electron chi connectivity index (χ2n) is 4.98. The fraction of sp³-hybridized carbons (Fsp3) is 0.692. The Kier molecular flexibility index (Phi) is 4.00. The summed E-state index contributed by atoms with van der Waals surface area (Å²) in [6.45, 7) is 9.28. The fourth-order valence-electron chi connectivity index (χ4n) is 2.37. The molecule has 0 saturated carbocycles. The standard InChI is InChI=1S/C13H22N2S/c1-10(2)15-7-6-12(9-15)14-11(3)13-5-4-8-16-13/h4-5,8,10-12,14H,6-7,9H2,1-3H3/t11-,12?/m1/s1. The summed E-state index contributed by atoms with van der Waals surface area (Å²) >= 11 is 1.85. The number of likely N-dealkylation sites (tertiary alicyclic amines) is 1. The molecule has 0 radical (unpaired) electrons. The molecule has 16 heavy (non-hydrogen) atoms. The van der Waals surface area contributed by atoms with Gasteiger partial charge in [0.05, 0.1) is 0 Å². The summed E-state index contributed by atoms with van der Waals surface area (Å²) < 4.78 is 0. The average Bonchev–Trinajstić information content (AvgIpc) is 2.87. The van der Waals surface area contributed by atoms with Gasteiger partial charge in [-0.15, -0.1) is 11.3 Å². The van der Waals surface area contributed by atoms with E-state index >= 15 is 0 Å². The molecule has 2 heterocycles. The van der Waals surface area contributed by atoms with E-state index in [0.717, 1.165) is 0 Å². The predicted molar refractivity (Wildman–Crippen MR) is 71.0 cm³/mol. The molecule has 0 amide bonds. The van der Waals surface area contributed by atoms with E-state index in [2.05, 4.69) is 48.5 Å². The number of nitrogens with zero attached hydrogens (tertiary/aromatic N) is 1. The monoisotopic (exact) mass is 238 g/mol. The quantitative estimate of drug-likeness (QED) is 0.867. The summed E-state index contributed by atoms with van der Waals surface area (Å²) in [5, 5.41) is 5.89. The zero-order chi connectivity index (χ0) is 11.5. The number of thiophene rings is 1. The van der Waals surface area contributed by atoms with Crippen LogP contribution in [0.5, 0.6) is 0 Å². The molecule has 1 aliphatic heterocycles. The van der Waals surface area contributed by atoms with Crippen molar-refractivity contribution in [2.45, 2.75) is 45.3 Å². The Labute approximate surface area is 103 Å². The highest BCUT2D eigenvalue weighted by atomic mass is 32.1. The summed E-state index contributed by atoms with van der Waals surface area (Å²) in [6, 6.07) is 6.20. The van der Waals surface area contributed by atoms with Gasteiger partial charge in [-0.3, -0.25) is 4.90 Å². The molecule has 2 rings (SSSR count). The Balaban J connectivity index is 1.83. The lowest BCUT2D eigenvalue weighted by Gasteiger charge is -2.22. The zero-order valence-corrected chi connectivity index (χ0v) is 11.3. The second kappa shape index (κ2) is 5.30. The van der Waals surface area contributed by atoms with Crippen molar-refractivity contribution in [1.29, 1.82) is 0 Å². The minimum Gasteiger partial charge on any atom is -0.305 e. The minimum absolute atomic E-state index is 0.497. The predicted octanol–water partition coefficient (Wildman–Crippen LogP) is 2.88. The molecule has 1 fully saturated rings. The van der Waals surface area contributed by atoms with Crippen LogP contribution in [0.4, 0.5) is 0 Å². The first kappa shape index (κ1) is 12.1. The van der Waals surface area contributed by atoms with Crippen molar-refractivity contribution in [1.82, 2.24) is 10.2 Å². The molecule has 1 N–H and O–H groups in total. The Morgan fingerprint density at radius 3 is 2.81 bits per heavy atom. The molecular weight excluding hydrogens is 216 g/mol. The maximum Gasteiger partial charge on any atom is 0.0388 e. The third kappa shape index (κ3) is 2.84. The lowest BCUT2D eigenvalue weighted by molar-refractivity contribution is 0.266. The van der Waals surface area contributed by atoms with Gasteiger partial charge in [0.15, 0.2) is 0 Å². The lowest BCUT2D eigenvalue weighted by Crippen LogP contribution is -2.36. The van der Waals surface area contributed by atoms with Crippen molar-refractivity contribution in [3.05, 3.63) is 22.4 Å². The molecule has 1 unspecified atom stereocenters. The van der Waals surface area contributed by atoms with Crippen LogP contribution in [0.15, 0.2) is 17.5 Å². The molecule has 1 aromatic rings. The average molecular weight is 238 g/mol. The van der Waals surface area contributed by atoms with Crippen molar-refractivity contribution in [3.63, 3.8) is 0 Å². The van der Waals surface area contributed by atoms with Gasteiger partial charge in [-0.2, -0.15) is 0 Å². The van der Waals surface area contributed by atoms with Gasteiger partial charge in [0.2, 0.25) is 0 Å². The smallest absolute Gasteiger partial charge is 0.0388 e. The number of rotatable bonds is 4. The van der Waals surface area contributed by atoms with Crippen LogP contribution in [-0.4, -0.2) is 30.1 Å². The SMILES string of the molecule is CC(C)N1CCC(N[C@H](C)c2cccs2)C1. The van der Waals surface area contributed by atoms with E-state index in [1.54, 1.807) is 0 Å². The Bertz CT molecular complexity index is 308. The fourth-order valence-corrected chi connectivity index (χ4v) is 3.11. The first-order valence-electron chi connectivity index (χ1n) is 6.20. The Morgan fingerprint density at radius 2 is 2.25 bits per heavy atom. The van der Waals surface area contributed by atoms with Crippen LogP contribution in [0.2, 0.25) is 0 Å². The van der Waals surface area contributed by atoms with E-state index in [0.29, 0.717) is 18.1 Å². The molecule has 2 nitrogen and oxygen atoms in total. The molecule has 1 aliphatic rings. The summed E-state index contributed by atoms with van der Waals surface area (Å²) in [5.41, 5.74) is 0. The van der Waals surface area contributed by atoms with Crippen LogP contribution in [0.1, 0.15) is 38.1 Å². The molecule has 3 heteroatoms. The van der Waals surface area contributed by atoms with Gasteiger partial charge in [-0.05, 0) is 45.2 Å². The van der Waals surface area contributed by atoms with E-state index in [9.17, 15) is 0 Å². The van der Waals surface area contributed by atoms with Gasteiger partial charge in [0.25, 0.3) is 0 Å². The second-order valence-corrected chi connectivity index (χ2v) is 5.96. The van der Waals surface area contributed by atoms with Crippen molar-refractivity contribution in [2.75, 3.05) is 13.1 Å². The molecular formula is C13H22N2S. The van der Waals surface area contributed by atoms with E-state index in [-0.39, 0.29) is 0 Å². The van der Waals surface area contributed by atoms with Gasteiger partial charge < -0.3 is 5.32 Å². The van der Waals surface area contributed by atoms with Crippen LogP contribution >= 0.6 is 11.3 Å². The maximum atomic E-state index is 3.73. The lowest BCUT2D eigenvalue weighted by atomic mass is 10.2. The molecule has 90 valence electrons. The Hall–Kier alpha value is -0.380. The van der Waals surface area contributed by atoms with E-state index in [1.165, 1.54) is 24.4 Å². The number of nitrogens with one attached hydrogen (secondary N) is 1. The van der Waals surface area contributed by atoms with Gasteiger partial charge in [0, 0.05) is 29.5 Å². The van der Waals surface area contributed by atoms with Crippen molar-refractivity contribution in [2.24, 2.45) is 0 Å². The molecule has 2 atom stereocenters. The topological polar surface area (TPSA) is 15.3 Å². The highest BCUT2D eigenvalue weighted by Crippen LogP contribution is 2.21. The van der Waals surface area contributed by atoms with Crippen molar-refractivity contribution in [3.8, 4) is 0 Å². The molecule has 0 aliphatic carbocycles. The van der Waals surface area contributed by atoms with Crippen LogP contribution in [-0.2, 0) is 0 Å². The van der Waals surface area contributed by atoms with E-state index < -0.39 is 0 Å². The maximum absolute atomic E-state index is 3.73. The zero-order valence-electron chi connectivity index (χ0n) is 10.4. The first-order valence-corrected chi connectivity index (χ1v) is 7.08. The summed E-state index contributed by atoms with van der Waals surface area (Å²) in [5.74, 6) is 0. The number of hydrogen-bond donors (Lipinski definition) is 1. The Morgan fingerprint density at radius 1 is 1.44 bits per heavy atom. The summed E-state index contributed by atoms with van der Waals surface area (Å²) in [6.07, 6.45) is 1.29. The largest absolute Gasteiger partial charge is 0.305 e. The molecule has 0 bridgehead atoms. The normalized spacial score (nSPS) is 24.1. The third-order valence-electron chi connectivity index (χ3n) is 3.41. The highest BCUT2D eigenvalue weighted by molar-refractivity contribution is 7.10. The van der Waals surface area contributed by atoms with Gasteiger partial charge >= 0.3 is 0 Å². The molecule has 0 aromatic carbocycles.